The van der Waals surface area contributed by atoms with E-state index in [0.29, 0.717) is 12.4 Å². The summed E-state index contributed by atoms with van der Waals surface area (Å²) >= 11 is 0. The van der Waals surface area contributed by atoms with Gasteiger partial charge in [-0.3, -0.25) is 0 Å². The number of hydrogen-bond acceptors (Lipinski definition) is 2. The van der Waals surface area contributed by atoms with Crippen LogP contribution in [-0.4, -0.2) is 0 Å². The van der Waals surface area contributed by atoms with Gasteiger partial charge in [-0.1, -0.05) is 62.0 Å². The molecule has 3 aromatic rings. The van der Waals surface area contributed by atoms with Crippen LogP contribution in [-0.2, 0) is 27.3 Å². The number of benzene rings is 3. The molecule has 0 saturated carbocycles. The van der Waals surface area contributed by atoms with Gasteiger partial charge in [0.25, 0.3) is 0 Å². The Labute approximate surface area is 158 Å². The standard InChI is InChI=1S/C23H23O2S/c1-3-19(2)25-24-18-20-14-16-23(17-15-20)26(21-10-6-4-7-11-21)22-12-8-5-9-13-22/h4-17H,2-3,18H2,1H3/q+1. The third kappa shape index (κ3) is 4.78. The molecule has 0 amide bonds. The van der Waals surface area contributed by atoms with Crippen molar-refractivity contribution in [3.05, 3.63) is 103 Å². The summed E-state index contributed by atoms with van der Waals surface area (Å²) < 4.78 is 0. The van der Waals surface area contributed by atoms with Crippen LogP contribution in [0.5, 0.6) is 0 Å². The minimum atomic E-state index is -0.124. The highest BCUT2D eigenvalue weighted by atomic mass is 32.2. The van der Waals surface area contributed by atoms with Gasteiger partial charge in [0.1, 0.15) is 12.4 Å². The largest absolute Gasteiger partial charge is 0.342 e. The molecule has 0 saturated heterocycles. The van der Waals surface area contributed by atoms with Gasteiger partial charge in [0.15, 0.2) is 14.7 Å². The molecule has 0 bridgehead atoms. The maximum absolute atomic E-state index is 5.24. The van der Waals surface area contributed by atoms with Gasteiger partial charge in [-0.05, 0) is 42.0 Å². The van der Waals surface area contributed by atoms with Gasteiger partial charge in [0.2, 0.25) is 0 Å². The van der Waals surface area contributed by atoms with E-state index in [2.05, 4.69) is 91.5 Å². The first kappa shape index (κ1) is 18.3. The van der Waals surface area contributed by atoms with E-state index in [1.165, 1.54) is 14.7 Å². The second-order valence-electron chi connectivity index (χ2n) is 5.81. The van der Waals surface area contributed by atoms with Crippen molar-refractivity contribution in [2.45, 2.75) is 34.6 Å². The zero-order valence-electron chi connectivity index (χ0n) is 14.9. The van der Waals surface area contributed by atoms with Gasteiger partial charge >= 0.3 is 0 Å². The molecule has 0 radical (unpaired) electrons. The summed E-state index contributed by atoms with van der Waals surface area (Å²) in [4.78, 5) is 14.3. The molecule has 3 rings (SSSR count). The van der Waals surface area contributed by atoms with Gasteiger partial charge < -0.3 is 4.89 Å². The molecule has 0 aliphatic heterocycles. The van der Waals surface area contributed by atoms with Crippen LogP contribution in [0.15, 0.2) is 112 Å². The fourth-order valence-electron chi connectivity index (χ4n) is 2.48. The zero-order chi connectivity index (χ0) is 18.2. The summed E-state index contributed by atoms with van der Waals surface area (Å²) in [6, 6.07) is 29.8. The van der Waals surface area contributed by atoms with Gasteiger partial charge in [-0.15, -0.1) is 0 Å². The van der Waals surface area contributed by atoms with Crippen LogP contribution in [0.1, 0.15) is 18.9 Å². The molecule has 0 fully saturated rings. The smallest absolute Gasteiger partial charge is 0.166 e. The van der Waals surface area contributed by atoms with Gasteiger partial charge in [0.05, 0.1) is 10.9 Å². The van der Waals surface area contributed by atoms with Crippen molar-refractivity contribution in [1.82, 2.24) is 0 Å². The molecule has 0 atom stereocenters. The SMILES string of the molecule is C=C(CC)OOCc1ccc([S+](c2ccccc2)c2ccccc2)cc1. The topological polar surface area (TPSA) is 18.5 Å². The molecule has 0 spiro atoms. The van der Waals surface area contributed by atoms with Crippen LogP contribution in [0, 0.1) is 0 Å². The van der Waals surface area contributed by atoms with Gasteiger partial charge in [-0.25, -0.2) is 0 Å². The van der Waals surface area contributed by atoms with Crippen molar-refractivity contribution in [3.63, 3.8) is 0 Å². The fourth-order valence-corrected chi connectivity index (χ4v) is 4.57. The van der Waals surface area contributed by atoms with Crippen molar-refractivity contribution >= 4 is 10.9 Å². The lowest BCUT2D eigenvalue weighted by atomic mass is 10.2. The molecule has 132 valence electrons. The second kappa shape index (κ2) is 9.27. The van der Waals surface area contributed by atoms with E-state index in [9.17, 15) is 0 Å². The highest BCUT2D eigenvalue weighted by Gasteiger charge is 2.27. The monoisotopic (exact) mass is 363 g/mol. The summed E-state index contributed by atoms with van der Waals surface area (Å²) in [7, 11) is -0.124. The Kier molecular flexibility index (Phi) is 6.53. The molecule has 0 N–H and O–H groups in total. The number of hydrogen-bond donors (Lipinski definition) is 0. The molecular formula is C23H23O2S+. The summed E-state index contributed by atoms with van der Waals surface area (Å²) in [5, 5.41) is 0. The average Bonchev–Trinajstić information content (AvgIpc) is 2.71. The lowest BCUT2D eigenvalue weighted by Gasteiger charge is -2.09. The first-order valence-corrected chi connectivity index (χ1v) is 9.91. The highest BCUT2D eigenvalue weighted by Crippen LogP contribution is 2.31. The molecule has 0 aliphatic rings. The first-order chi connectivity index (χ1) is 12.8. The fraction of sp³-hybridized carbons (Fsp3) is 0.130. The Balaban J connectivity index is 1.80. The van der Waals surface area contributed by atoms with Crippen molar-refractivity contribution in [2.75, 3.05) is 0 Å². The normalized spacial score (nSPS) is 10.7. The van der Waals surface area contributed by atoms with E-state index < -0.39 is 0 Å². The predicted octanol–water partition coefficient (Wildman–Crippen LogP) is 6.15. The lowest BCUT2D eigenvalue weighted by Crippen LogP contribution is -2.05. The third-order valence-electron chi connectivity index (χ3n) is 3.91. The van der Waals surface area contributed by atoms with E-state index in [0.717, 1.165) is 12.0 Å². The average molecular weight is 364 g/mol. The maximum atomic E-state index is 5.24. The van der Waals surface area contributed by atoms with E-state index >= 15 is 0 Å². The summed E-state index contributed by atoms with van der Waals surface area (Å²) in [6.45, 7) is 6.15. The summed E-state index contributed by atoms with van der Waals surface area (Å²) in [6.07, 6.45) is 0.746. The van der Waals surface area contributed by atoms with Crippen molar-refractivity contribution in [2.24, 2.45) is 0 Å². The van der Waals surface area contributed by atoms with Crippen molar-refractivity contribution in [3.8, 4) is 0 Å². The van der Waals surface area contributed by atoms with Crippen LogP contribution < -0.4 is 0 Å². The van der Waals surface area contributed by atoms with Crippen LogP contribution in [0.25, 0.3) is 0 Å². The lowest BCUT2D eigenvalue weighted by molar-refractivity contribution is -0.273. The minimum absolute atomic E-state index is 0.124. The summed E-state index contributed by atoms with van der Waals surface area (Å²) in [5.74, 6) is 0.635. The van der Waals surface area contributed by atoms with E-state index in [1.807, 2.05) is 6.92 Å². The molecule has 0 aliphatic carbocycles. The molecule has 2 nitrogen and oxygen atoms in total. The van der Waals surface area contributed by atoms with E-state index in [1.54, 1.807) is 0 Å². The molecule has 0 heterocycles. The molecule has 3 heteroatoms. The molecule has 0 aromatic heterocycles. The Morgan fingerprint density at radius 3 is 1.77 bits per heavy atom. The summed E-state index contributed by atoms with van der Waals surface area (Å²) in [5.41, 5.74) is 1.07. The molecule has 26 heavy (non-hydrogen) atoms. The number of allylic oxidation sites excluding steroid dienone is 1. The van der Waals surface area contributed by atoms with Crippen molar-refractivity contribution < 1.29 is 9.78 Å². The van der Waals surface area contributed by atoms with Crippen LogP contribution >= 0.6 is 0 Å². The Bertz CT molecular complexity index is 774. The number of rotatable bonds is 8. The molecular weight excluding hydrogens is 340 g/mol. The quantitative estimate of drug-likeness (QED) is 0.207. The van der Waals surface area contributed by atoms with E-state index in [4.69, 9.17) is 9.78 Å². The Morgan fingerprint density at radius 2 is 1.27 bits per heavy atom. The van der Waals surface area contributed by atoms with Crippen molar-refractivity contribution in [1.29, 1.82) is 0 Å². The van der Waals surface area contributed by atoms with E-state index in [-0.39, 0.29) is 10.9 Å². The van der Waals surface area contributed by atoms with Crippen LogP contribution in [0.2, 0.25) is 0 Å². The Hall–Kier alpha value is -2.49. The zero-order valence-corrected chi connectivity index (χ0v) is 15.7. The Morgan fingerprint density at radius 1 is 0.769 bits per heavy atom. The van der Waals surface area contributed by atoms with Gasteiger partial charge in [-0.2, -0.15) is 4.89 Å². The minimum Gasteiger partial charge on any atom is -0.342 e. The third-order valence-corrected chi connectivity index (χ3v) is 6.14. The predicted molar refractivity (Wildman–Crippen MR) is 107 cm³/mol. The molecule has 0 unspecified atom stereocenters. The first-order valence-electron chi connectivity index (χ1n) is 8.68. The second-order valence-corrected chi connectivity index (χ2v) is 7.84. The van der Waals surface area contributed by atoms with Crippen LogP contribution in [0.4, 0.5) is 0 Å². The molecule has 3 aromatic carbocycles. The van der Waals surface area contributed by atoms with Crippen LogP contribution in [0.3, 0.4) is 0 Å². The highest BCUT2D eigenvalue weighted by molar-refractivity contribution is 7.97. The maximum Gasteiger partial charge on any atom is 0.166 e. The van der Waals surface area contributed by atoms with Gasteiger partial charge in [0, 0.05) is 6.42 Å².